The van der Waals surface area contributed by atoms with Gasteiger partial charge in [0.2, 0.25) is 0 Å². The molecule has 3 rings (SSSR count). The maximum Gasteiger partial charge on any atom is 0.172 e. The number of rotatable bonds is 7. The van der Waals surface area contributed by atoms with E-state index in [0.29, 0.717) is 24.7 Å². The van der Waals surface area contributed by atoms with Crippen LogP contribution in [0.5, 0.6) is 17.2 Å². The maximum atomic E-state index is 5.96. The van der Waals surface area contributed by atoms with E-state index in [1.807, 2.05) is 48.5 Å². The molecule has 2 aromatic rings. The molecule has 1 aliphatic rings. The SMILES string of the molecule is COc1cccc(C2=NCCCN2)c1OCCOc1ccccc1. The van der Waals surface area contributed by atoms with Crippen LogP contribution in [0, 0.1) is 0 Å². The van der Waals surface area contributed by atoms with Gasteiger partial charge in [-0.3, -0.25) is 4.99 Å². The number of nitrogens with one attached hydrogen (secondary N) is 1. The van der Waals surface area contributed by atoms with Gasteiger partial charge in [0.1, 0.15) is 24.8 Å². The monoisotopic (exact) mass is 326 g/mol. The quantitative estimate of drug-likeness (QED) is 0.795. The Morgan fingerprint density at radius 3 is 2.58 bits per heavy atom. The minimum absolute atomic E-state index is 0.426. The van der Waals surface area contributed by atoms with Crippen LogP contribution >= 0.6 is 0 Å². The van der Waals surface area contributed by atoms with Crippen LogP contribution in [-0.2, 0) is 0 Å². The Morgan fingerprint density at radius 2 is 1.83 bits per heavy atom. The molecule has 0 unspecified atom stereocenters. The molecule has 24 heavy (non-hydrogen) atoms. The molecule has 1 heterocycles. The van der Waals surface area contributed by atoms with E-state index in [4.69, 9.17) is 14.2 Å². The van der Waals surface area contributed by atoms with Crippen LogP contribution in [-0.4, -0.2) is 39.2 Å². The number of nitrogens with zero attached hydrogens (tertiary/aromatic N) is 1. The molecule has 0 saturated heterocycles. The second-order valence-corrected chi connectivity index (χ2v) is 5.36. The van der Waals surface area contributed by atoms with E-state index in [9.17, 15) is 0 Å². The van der Waals surface area contributed by atoms with Crippen molar-refractivity contribution in [2.45, 2.75) is 6.42 Å². The Morgan fingerprint density at radius 1 is 1.00 bits per heavy atom. The van der Waals surface area contributed by atoms with Crippen molar-refractivity contribution in [1.82, 2.24) is 5.32 Å². The zero-order valence-electron chi connectivity index (χ0n) is 13.8. The Balaban J connectivity index is 1.68. The minimum Gasteiger partial charge on any atom is -0.493 e. The molecule has 0 saturated carbocycles. The highest BCUT2D eigenvalue weighted by atomic mass is 16.5. The summed E-state index contributed by atoms with van der Waals surface area (Å²) in [6, 6.07) is 15.5. The van der Waals surface area contributed by atoms with Gasteiger partial charge in [0.25, 0.3) is 0 Å². The number of hydrogen-bond donors (Lipinski definition) is 1. The molecule has 2 aromatic carbocycles. The third-order valence-corrected chi connectivity index (χ3v) is 3.69. The fourth-order valence-corrected chi connectivity index (χ4v) is 2.54. The summed E-state index contributed by atoms with van der Waals surface area (Å²) in [5.41, 5.74) is 0.925. The molecule has 0 radical (unpaired) electrons. The second-order valence-electron chi connectivity index (χ2n) is 5.36. The third kappa shape index (κ3) is 3.98. The molecule has 0 amide bonds. The lowest BCUT2D eigenvalue weighted by molar-refractivity contribution is 0.211. The first-order valence-electron chi connectivity index (χ1n) is 8.15. The third-order valence-electron chi connectivity index (χ3n) is 3.69. The van der Waals surface area contributed by atoms with Gasteiger partial charge in [0.15, 0.2) is 11.5 Å². The summed E-state index contributed by atoms with van der Waals surface area (Å²) in [7, 11) is 1.64. The average Bonchev–Trinajstić information content (AvgIpc) is 2.66. The zero-order chi connectivity index (χ0) is 16.6. The smallest absolute Gasteiger partial charge is 0.172 e. The number of para-hydroxylation sites is 2. The molecule has 5 heteroatoms. The van der Waals surface area contributed by atoms with Gasteiger partial charge in [-0.05, 0) is 30.7 Å². The van der Waals surface area contributed by atoms with Gasteiger partial charge in [-0.15, -0.1) is 0 Å². The Hall–Kier alpha value is -2.69. The van der Waals surface area contributed by atoms with Crippen molar-refractivity contribution in [3.05, 3.63) is 54.1 Å². The number of hydrogen-bond acceptors (Lipinski definition) is 5. The number of amidine groups is 1. The van der Waals surface area contributed by atoms with E-state index >= 15 is 0 Å². The molecule has 1 aliphatic heterocycles. The van der Waals surface area contributed by atoms with E-state index < -0.39 is 0 Å². The zero-order valence-corrected chi connectivity index (χ0v) is 13.8. The number of benzene rings is 2. The van der Waals surface area contributed by atoms with Crippen LogP contribution in [0.1, 0.15) is 12.0 Å². The average molecular weight is 326 g/mol. The molecular weight excluding hydrogens is 304 g/mol. The predicted molar refractivity (Wildman–Crippen MR) is 94.4 cm³/mol. The van der Waals surface area contributed by atoms with E-state index in [-0.39, 0.29) is 0 Å². The predicted octanol–water partition coefficient (Wildman–Crippen LogP) is 2.89. The first-order valence-corrected chi connectivity index (χ1v) is 8.15. The fraction of sp³-hybridized carbons (Fsp3) is 0.316. The summed E-state index contributed by atoms with van der Waals surface area (Å²) in [6.07, 6.45) is 1.05. The summed E-state index contributed by atoms with van der Waals surface area (Å²) < 4.78 is 17.1. The van der Waals surface area contributed by atoms with Crippen molar-refractivity contribution in [3.8, 4) is 17.2 Å². The van der Waals surface area contributed by atoms with Crippen molar-refractivity contribution in [3.63, 3.8) is 0 Å². The molecule has 0 bridgehead atoms. The Kier molecular flexibility index (Phi) is 5.56. The molecule has 0 fully saturated rings. The topological polar surface area (TPSA) is 52.1 Å². The fourth-order valence-electron chi connectivity index (χ4n) is 2.54. The van der Waals surface area contributed by atoms with Crippen molar-refractivity contribution >= 4 is 5.84 Å². The van der Waals surface area contributed by atoms with Gasteiger partial charge >= 0.3 is 0 Å². The Labute approximate surface area is 142 Å². The van der Waals surface area contributed by atoms with Gasteiger partial charge in [-0.1, -0.05) is 24.3 Å². The highest BCUT2D eigenvalue weighted by Crippen LogP contribution is 2.31. The van der Waals surface area contributed by atoms with Crippen molar-refractivity contribution in [2.75, 3.05) is 33.4 Å². The van der Waals surface area contributed by atoms with Crippen LogP contribution in [0.25, 0.3) is 0 Å². The van der Waals surface area contributed by atoms with E-state index in [1.165, 1.54) is 0 Å². The highest BCUT2D eigenvalue weighted by molar-refractivity contribution is 6.02. The molecule has 5 nitrogen and oxygen atoms in total. The lowest BCUT2D eigenvalue weighted by Gasteiger charge is -2.19. The summed E-state index contributed by atoms with van der Waals surface area (Å²) in [5, 5.41) is 3.33. The molecule has 0 aliphatic carbocycles. The van der Waals surface area contributed by atoms with Crippen molar-refractivity contribution < 1.29 is 14.2 Å². The molecule has 126 valence electrons. The normalized spacial score (nSPS) is 13.6. The summed E-state index contributed by atoms with van der Waals surface area (Å²) in [4.78, 5) is 4.55. The lowest BCUT2D eigenvalue weighted by atomic mass is 10.1. The molecule has 0 atom stereocenters. The van der Waals surface area contributed by atoms with Crippen LogP contribution < -0.4 is 19.5 Å². The lowest BCUT2D eigenvalue weighted by Crippen LogP contribution is -2.30. The van der Waals surface area contributed by atoms with Crippen LogP contribution in [0.15, 0.2) is 53.5 Å². The largest absolute Gasteiger partial charge is 0.493 e. The summed E-state index contributed by atoms with van der Waals surface area (Å²) >= 11 is 0. The molecule has 0 spiro atoms. The van der Waals surface area contributed by atoms with Gasteiger partial charge in [0.05, 0.1) is 12.7 Å². The van der Waals surface area contributed by atoms with Gasteiger partial charge in [-0.25, -0.2) is 0 Å². The number of aliphatic imine (C=N–C) groups is 1. The minimum atomic E-state index is 0.426. The molecule has 0 aromatic heterocycles. The molecular formula is C19H22N2O3. The van der Waals surface area contributed by atoms with Crippen molar-refractivity contribution in [2.24, 2.45) is 4.99 Å². The van der Waals surface area contributed by atoms with Crippen LogP contribution in [0.2, 0.25) is 0 Å². The number of methoxy groups -OCH3 is 1. The maximum absolute atomic E-state index is 5.96. The second kappa shape index (κ2) is 8.24. The van der Waals surface area contributed by atoms with Crippen LogP contribution in [0.3, 0.4) is 0 Å². The van der Waals surface area contributed by atoms with Crippen molar-refractivity contribution in [1.29, 1.82) is 0 Å². The molecule has 1 N–H and O–H groups in total. The summed E-state index contributed by atoms with van der Waals surface area (Å²) in [6.45, 7) is 2.64. The van der Waals surface area contributed by atoms with E-state index in [0.717, 1.165) is 36.7 Å². The van der Waals surface area contributed by atoms with E-state index in [2.05, 4.69) is 10.3 Å². The van der Waals surface area contributed by atoms with Gasteiger partial charge in [0, 0.05) is 13.1 Å². The van der Waals surface area contributed by atoms with Gasteiger partial charge < -0.3 is 19.5 Å². The first-order chi connectivity index (χ1) is 11.9. The van der Waals surface area contributed by atoms with Crippen LogP contribution in [0.4, 0.5) is 0 Å². The summed E-state index contributed by atoms with van der Waals surface area (Å²) in [5.74, 6) is 3.09. The first kappa shape index (κ1) is 16.2. The number of ether oxygens (including phenoxy) is 3. The standard InChI is InChI=1S/C19H22N2O3/c1-22-17-10-5-9-16(19-20-11-6-12-21-19)18(17)24-14-13-23-15-7-3-2-4-8-15/h2-5,7-10H,6,11-14H2,1H3,(H,20,21). The van der Waals surface area contributed by atoms with E-state index in [1.54, 1.807) is 7.11 Å². The highest BCUT2D eigenvalue weighted by Gasteiger charge is 2.16. The van der Waals surface area contributed by atoms with Gasteiger partial charge in [-0.2, -0.15) is 0 Å². The Bertz CT molecular complexity index is 686.